The molecule has 3 aromatic rings. The predicted molar refractivity (Wildman–Crippen MR) is 88.2 cm³/mol. The Morgan fingerprint density at radius 3 is 2.92 bits per heavy atom. The maximum atomic E-state index is 12.0. The van der Waals surface area contributed by atoms with Gasteiger partial charge < -0.3 is 15.2 Å². The summed E-state index contributed by atoms with van der Waals surface area (Å²) in [5, 5.41) is 13.9. The molecule has 0 aliphatic carbocycles. The lowest BCUT2D eigenvalue weighted by atomic mass is 10.3. The minimum absolute atomic E-state index is 0.147. The average molecular weight is 347 g/mol. The molecule has 2 aromatic heterocycles. The van der Waals surface area contributed by atoms with Crippen molar-refractivity contribution in [1.82, 2.24) is 25.2 Å². The van der Waals surface area contributed by atoms with Gasteiger partial charge >= 0.3 is 6.03 Å². The highest BCUT2D eigenvalue weighted by Gasteiger charge is 2.12. The Hall–Kier alpha value is -2.87. The zero-order valence-corrected chi connectivity index (χ0v) is 13.8. The monoisotopic (exact) mass is 346 g/mol. The van der Waals surface area contributed by atoms with Crippen molar-refractivity contribution in [3.8, 4) is 5.69 Å². The summed E-state index contributed by atoms with van der Waals surface area (Å²) in [5.74, 6) is 0.861. The fourth-order valence-electron chi connectivity index (χ4n) is 2.13. The van der Waals surface area contributed by atoms with Gasteiger partial charge in [-0.3, -0.25) is 0 Å². The third-order valence-electron chi connectivity index (χ3n) is 3.28. The first-order valence-corrected chi connectivity index (χ1v) is 7.55. The maximum absolute atomic E-state index is 12.0. The first kappa shape index (κ1) is 16.0. The Morgan fingerprint density at radius 2 is 2.21 bits per heavy atom. The zero-order chi connectivity index (χ0) is 17.1. The topological polar surface area (TPSA) is 97.9 Å². The molecule has 1 aromatic carbocycles. The molecule has 2 N–H and O–H groups in total. The number of carbonyl (C=O) groups is 1. The van der Waals surface area contributed by atoms with E-state index in [4.69, 9.17) is 16.1 Å². The third kappa shape index (κ3) is 3.54. The Labute approximate surface area is 142 Å². The molecule has 2 heterocycles. The molecule has 24 heavy (non-hydrogen) atoms. The summed E-state index contributed by atoms with van der Waals surface area (Å²) in [6.45, 7) is 3.71. The van der Waals surface area contributed by atoms with E-state index in [1.54, 1.807) is 29.9 Å². The van der Waals surface area contributed by atoms with Crippen LogP contribution in [0.1, 0.15) is 17.4 Å². The number of hydrogen-bond acceptors (Lipinski definition) is 5. The number of rotatable bonds is 4. The normalized spacial score (nSPS) is 10.6. The molecule has 0 aliphatic rings. The van der Waals surface area contributed by atoms with E-state index in [0.29, 0.717) is 22.4 Å². The van der Waals surface area contributed by atoms with Crippen LogP contribution in [0.5, 0.6) is 0 Å². The second-order valence-electron chi connectivity index (χ2n) is 5.08. The SMILES string of the molecule is Cc1noc(CNC(=O)Nc2cnn(-c3cccc(Cl)c3)c2C)n1. The van der Waals surface area contributed by atoms with Crippen molar-refractivity contribution in [1.29, 1.82) is 0 Å². The summed E-state index contributed by atoms with van der Waals surface area (Å²) in [5.41, 5.74) is 2.19. The number of urea groups is 1. The number of anilines is 1. The summed E-state index contributed by atoms with van der Waals surface area (Å²) < 4.78 is 6.63. The second-order valence-corrected chi connectivity index (χ2v) is 5.51. The smallest absolute Gasteiger partial charge is 0.319 e. The minimum Gasteiger partial charge on any atom is -0.337 e. The van der Waals surface area contributed by atoms with E-state index in [1.165, 1.54) is 0 Å². The van der Waals surface area contributed by atoms with Gasteiger partial charge in [-0.2, -0.15) is 10.1 Å². The van der Waals surface area contributed by atoms with Crippen LogP contribution in [0.15, 0.2) is 35.0 Å². The van der Waals surface area contributed by atoms with Crippen molar-refractivity contribution < 1.29 is 9.32 Å². The number of carbonyl (C=O) groups excluding carboxylic acids is 1. The van der Waals surface area contributed by atoms with E-state index < -0.39 is 0 Å². The van der Waals surface area contributed by atoms with Crippen LogP contribution >= 0.6 is 11.6 Å². The fraction of sp³-hybridized carbons (Fsp3) is 0.200. The molecule has 3 rings (SSSR count). The quantitative estimate of drug-likeness (QED) is 0.757. The van der Waals surface area contributed by atoms with Gasteiger partial charge in [0.2, 0.25) is 5.89 Å². The van der Waals surface area contributed by atoms with Gasteiger partial charge in [0.15, 0.2) is 5.82 Å². The molecular weight excluding hydrogens is 332 g/mol. The van der Waals surface area contributed by atoms with Crippen LogP contribution in [0.3, 0.4) is 0 Å². The molecule has 0 atom stereocenters. The molecule has 8 nitrogen and oxygen atoms in total. The number of benzene rings is 1. The van der Waals surface area contributed by atoms with Gasteiger partial charge in [-0.05, 0) is 32.0 Å². The summed E-state index contributed by atoms with van der Waals surface area (Å²) >= 11 is 6.00. The summed E-state index contributed by atoms with van der Waals surface area (Å²) in [7, 11) is 0. The number of nitrogens with zero attached hydrogens (tertiary/aromatic N) is 4. The highest BCUT2D eigenvalue weighted by molar-refractivity contribution is 6.30. The number of aryl methyl sites for hydroxylation is 1. The first-order chi connectivity index (χ1) is 11.5. The molecule has 124 valence electrons. The van der Waals surface area contributed by atoms with Gasteiger partial charge in [-0.1, -0.05) is 22.8 Å². The van der Waals surface area contributed by atoms with E-state index in [1.807, 2.05) is 19.1 Å². The van der Waals surface area contributed by atoms with Crippen molar-refractivity contribution >= 4 is 23.3 Å². The fourth-order valence-corrected chi connectivity index (χ4v) is 2.32. The molecule has 0 spiro atoms. The molecule has 0 radical (unpaired) electrons. The molecule has 0 aliphatic heterocycles. The Kier molecular flexibility index (Phi) is 4.48. The van der Waals surface area contributed by atoms with Crippen molar-refractivity contribution in [2.24, 2.45) is 0 Å². The Balaban J connectivity index is 1.66. The minimum atomic E-state index is -0.389. The number of aromatic nitrogens is 4. The number of hydrogen-bond donors (Lipinski definition) is 2. The zero-order valence-electron chi connectivity index (χ0n) is 13.1. The van der Waals surface area contributed by atoms with Crippen molar-refractivity contribution in [3.05, 3.63) is 52.9 Å². The van der Waals surface area contributed by atoms with E-state index in [-0.39, 0.29) is 12.6 Å². The summed E-state index contributed by atoms with van der Waals surface area (Å²) in [6.07, 6.45) is 1.58. The predicted octanol–water partition coefficient (Wildman–Crippen LogP) is 2.85. The van der Waals surface area contributed by atoms with E-state index in [9.17, 15) is 4.79 Å². The van der Waals surface area contributed by atoms with Crippen molar-refractivity contribution in [3.63, 3.8) is 0 Å². The van der Waals surface area contributed by atoms with Gasteiger partial charge in [-0.15, -0.1) is 0 Å². The van der Waals surface area contributed by atoms with Gasteiger partial charge in [0.05, 0.1) is 29.8 Å². The lowest BCUT2D eigenvalue weighted by Gasteiger charge is -2.07. The highest BCUT2D eigenvalue weighted by atomic mass is 35.5. The highest BCUT2D eigenvalue weighted by Crippen LogP contribution is 2.20. The van der Waals surface area contributed by atoms with Crippen molar-refractivity contribution in [2.45, 2.75) is 20.4 Å². The van der Waals surface area contributed by atoms with Gasteiger partial charge in [0.25, 0.3) is 0 Å². The Bertz CT molecular complexity index is 872. The standard InChI is InChI=1S/C15H15ClN6O2/c1-9-13(7-18-22(9)12-5-3-4-11(16)6-12)20-15(23)17-8-14-19-10(2)21-24-14/h3-7H,8H2,1-2H3,(H2,17,20,23). The molecule has 0 unspecified atom stereocenters. The van der Waals surface area contributed by atoms with E-state index in [2.05, 4.69) is 25.9 Å². The van der Waals surface area contributed by atoms with Gasteiger partial charge in [-0.25, -0.2) is 9.48 Å². The van der Waals surface area contributed by atoms with Crippen LogP contribution in [0, 0.1) is 13.8 Å². The van der Waals surface area contributed by atoms with Crippen LogP contribution in [-0.4, -0.2) is 26.0 Å². The van der Waals surface area contributed by atoms with E-state index in [0.717, 1.165) is 11.4 Å². The molecular formula is C15H15ClN6O2. The summed E-state index contributed by atoms with van der Waals surface area (Å²) in [6, 6.07) is 6.91. The maximum Gasteiger partial charge on any atom is 0.319 e. The van der Waals surface area contributed by atoms with Gasteiger partial charge in [0.1, 0.15) is 0 Å². The largest absolute Gasteiger partial charge is 0.337 e. The van der Waals surface area contributed by atoms with Crippen LogP contribution in [0.4, 0.5) is 10.5 Å². The Morgan fingerprint density at radius 1 is 1.38 bits per heavy atom. The lowest BCUT2D eigenvalue weighted by molar-refractivity contribution is 0.249. The first-order valence-electron chi connectivity index (χ1n) is 7.17. The third-order valence-corrected chi connectivity index (χ3v) is 3.52. The van der Waals surface area contributed by atoms with Crippen LogP contribution < -0.4 is 10.6 Å². The summed E-state index contributed by atoms with van der Waals surface area (Å²) in [4.78, 5) is 16.0. The molecule has 9 heteroatoms. The molecule has 0 saturated heterocycles. The second kappa shape index (κ2) is 6.71. The van der Waals surface area contributed by atoms with Gasteiger partial charge in [0, 0.05) is 5.02 Å². The number of nitrogens with one attached hydrogen (secondary N) is 2. The lowest BCUT2D eigenvalue weighted by Crippen LogP contribution is -2.28. The molecule has 0 fully saturated rings. The average Bonchev–Trinajstić information content (AvgIpc) is 3.12. The van der Waals surface area contributed by atoms with Crippen molar-refractivity contribution in [2.75, 3.05) is 5.32 Å². The van der Waals surface area contributed by atoms with Crippen LogP contribution in [0.2, 0.25) is 5.02 Å². The molecule has 0 bridgehead atoms. The van der Waals surface area contributed by atoms with Crippen LogP contribution in [-0.2, 0) is 6.54 Å². The van der Waals surface area contributed by atoms with E-state index >= 15 is 0 Å². The number of halogens is 1. The molecule has 2 amide bonds. The van der Waals surface area contributed by atoms with Crippen LogP contribution in [0.25, 0.3) is 5.69 Å². The molecule has 0 saturated carbocycles. The number of amides is 2.